The van der Waals surface area contributed by atoms with E-state index < -0.39 is 0 Å². The summed E-state index contributed by atoms with van der Waals surface area (Å²) >= 11 is 0. The van der Waals surface area contributed by atoms with E-state index in [0.29, 0.717) is 17.9 Å². The molecule has 0 spiro atoms. The fourth-order valence-corrected chi connectivity index (χ4v) is 2.09. The molecule has 0 aliphatic carbocycles. The summed E-state index contributed by atoms with van der Waals surface area (Å²) in [6.07, 6.45) is 3.30. The van der Waals surface area contributed by atoms with Crippen molar-refractivity contribution in [1.29, 1.82) is 5.26 Å². The van der Waals surface area contributed by atoms with Gasteiger partial charge in [-0.05, 0) is 30.5 Å². The zero-order valence-corrected chi connectivity index (χ0v) is 11.7. The fraction of sp³-hybridized carbons (Fsp3) is 0.333. The number of nitriles is 1. The number of hydrogen-bond acceptors (Lipinski definition) is 5. The summed E-state index contributed by atoms with van der Waals surface area (Å²) in [7, 11) is 0. The second-order valence-corrected chi connectivity index (χ2v) is 4.34. The van der Waals surface area contributed by atoms with Gasteiger partial charge in [-0.15, -0.1) is 5.10 Å². The van der Waals surface area contributed by atoms with Crippen LogP contribution < -0.4 is 5.32 Å². The van der Waals surface area contributed by atoms with Crippen LogP contribution in [0.2, 0.25) is 0 Å². The van der Waals surface area contributed by atoms with Crippen molar-refractivity contribution in [3.63, 3.8) is 0 Å². The van der Waals surface area contributed by atoms with E-state index >= 15 is 0 Å². The van der Waals surface area contributed by atoms with E-state index in [1.54, 1.807) is 6.20 Å². The largest absolute Gasteiger partial charge is 0.362 e. The normalized spacial score (nSPS) is 10.1. The molecule has 0 atom stereocenters. The van der Waals surface area contributed by atoms with Gasteiger partial charge in [0.15, 0.2) is 5.82 Å². The molecule has 0 aliphatic heterocycles. The van der Waals surface area contributed by atoms with Crippen LogP contribution in [-0.4, -0.2) is 15.2 Å². The van der Waals surface area contributed by atoms with Crippen molar-refractivity contribution in [3.05, 3.63) is 46.9 Å². The van der Waals surface area contributed by atoms with Crippen LogP contribution in [0.3, 0.4) is 0 Å². The lowest BCUT2D eigenvalue weighted by atomic mass is 10.0. The highest BCUT2D eigenvalue weighted by atomic mass is 15.2. The van der Waals surface area contributed by atoms with E-state index in [4.69, 9.17) is 0 Å². The molecule has 0 bridgehead atoms. The van der Waals surface area contributed by atoms with Crippen LogP contribution in [-0.2, 0) is 19.4 Å². The number of nitrogens with one attached hydrogen (secondary N) is 1. The molecule has 5 nitrogen and oxygen atoms in total. The first-order chi connectivity index (χ1) is 9.80. The average molecular weight is 267 g/mol. The third-order valence-electron chi connectivity index (χ3n) is 3.12. The smallest absolute Gasteiger partial charge is 0.167 e. The summed E-state index contributed by atoms with van der Waals surface area (Å²) in [6, 6.07) is 7.96. The van der Waals surface area contributed by atoms with E-state index in [1.165, 1.54) is 0 Å². The molecule has 102 valence electrons. The maximum atomic E-state index is 9.37. The predicted molar refractivity (Wildman–Crippen MR) is 77.1 cm³/mol. The second kappa shape index (κ2) is 6.62. The number of aromatic nitrogens is 3. The Hall–Kier alpha value is -2.48. The minimum Gasteiger partial charge on any atom is -0.362 e. The molecule has 0 aromatic carbocycles. The maximum Gasteiger partial charge on any atom is 0.167 e. The first-order valence-electron chi connectivity index (χ1n) is 6.72. The Labute approximate surface area is 118 Å². The number of anilines is 1. The molecule has 20 heavy (non-hydrogen) atoms. The second-order valence-electron chi connectivity index (χ2n) is 4.34. The topological polar surface area (TPSA) is 74.5 Å². The monoisotopic (exact) mass is 267 g/mol. The highest BCUT2D eigenvalue weighted by molar-refractivity contribution is 5.56. The van der Waals surface area contributed by atoms with Crippen LogP contribution in [0.15, 0.2) is 24.4 Å². The molecule has 5 heteroatoms. The summed E-state index contributed by atoms with van der Waals surface area (Å²) in [5, 5.41) is 20.9. The summed E-state index contributed by atoms with van der Waals surface area (Å²) in [5.41, 5.74) is 3.37. The third kappa shape index (κ3) is 2.91. The molecule has 1 N–H and O–H groups in total. The quantitative estimate of drug-likeness (QED) is 0.900. The fourth-order valence-electron chi connectivity index (χ4n) is 2.09. The van der Waals surface area contributed by atoms with Crippen LogP contribution in [0, 0.1) is 11.3 Å². The van der Waals surface area contributed by atoms with Gasteiger partial charge in [-0.3, -0.25) is 4.98 Å². The Morgan fingerprint density at radius 2 is 2.05 bits per heavy atom. The van der Waals surface area contributed by atoms with E-state index in [-0.39, 0.29) is 0 Å². The Bertz CT molecular complexity index is 616. The predicted octanol–water partition coefficient (Wildman–Crippen LogP) is 2.48. The molecule has 0 saturated heterocycles. The van der Waals surface area contributed by atoms with Crippen molar-refractivity contribution in [2.75, 3.05) is 5.32 Å². The van der Waals surface area contributed by atoms with E-state index in [1.807, 2.05) is 32.0 Å². The molecule has 0 fully saturated rings. The first-order valence-corrected chi connectivity index (χ1v) is 6.72. The van der Waals surface area contributed by atoms with Gasteiger partial charge in [0.1, 0.15) is 11.6 Å². The summed E-state index contributed by atoms with van der Waals surface area (Å²) < 4.78 is 0. The van der Waals surface area contributed by atoms with Crippen LogP contribution in [0.1, 0.15) is 36.4 Å². The van der Waals surface area contributed by atoms with Crippen molar-refractivity contribution < 1.29 is 0 Å². The van der Waals surface area contributed by atoms with E-state index in [9.17, 15) is 5.26 Å². The van der Waals surface area contributed by atoms with Crippen LogP contribution in [0.4, 0.5) is 5.82 Å². The van der Waals surface area contributed by atoms with Crippen molar-refractivity contribution in [2.24, 2.45) is 0 Å². The summed E-state index contributed by atoms with van der Waals surface area (Å²) in [5.74, 6) is 0.534. The number of rotatable bonds is 5. The zero-order chi connectivity index (χ0) is 14.4. The molecule has 0 saturated carbocycles. The van der Waals surface area contributed by atoms with Gasteiger partial charge in [0, 0.05) is 6.20 Å². The number of hydrogen-bond donors (Lipinski definition) is 1. The lowest BCUT2D eigenvalue weighted by molar-refractivity contribution is 0.866. The highest BCUT2D eigenvalue weighted by Gasteiger charge is 2.13. The van der Waals surface area contributed by atoms with Crippen LogP contribution >= 0.6 is 0 Å². The molecule has 2 heterocycles. The van der Waals surface area contributed by atoms with Crippen molar-refractivity contribution >= 4 is 5.82 Å². The summed E-state index contributed by atoms with van der Waals surface area (Å²) in [4.78, 5) is 4.23. The standard InChI is InChI=1S/C15H17N5/c1-3-12-13(9-16)15(20-19-14(12)4-2)18-10-11-7-5-6-8-17-11/h5-8H,3-4,10H2,1-2H3,(H,18,20). The van der Waals surface area contributed by atoms with Gasteiger partial charge in [-0.2, -0.15) is 10.4 Å². The lowest BCUT2D eigenvalue weighted by Gasteiger charge is -2.11. The first kappa shape index (κ1) is 13.9. The molecule has 0 radical (unpaired) electrons. The van der Waals surface area contributed by atoms with Gasteiger partial charge in [0.25, 0.3) is 0 Å². The SMILES string of the molecule is CCc1nnc(NCc2ccccn2)c(C#N)c1CC. The van der Waals surface area contributed by atoms with Crippen LogP contribution in [0.5, 0.6) is 0 Å². The molecule has 0 aliphatic rings. The molecule has 2 aromatic rings. The van der Waals surface area contributed by atoms with Crippen LogP contribution in [0.25, 0.3) is 0 Å². The van der Waals surface area contributed by atoms with E-state index in [0.717, 1.165) is 29.8 Å². The van der Waals surface area contributed by atoms with Gasteiger partial charge < -0.3 is 5.32 Å². The Balaban J connectivity index is 2.26. The number of aryl methyl sites for hydroxylation is 1. The Morgan fingerprint density at radius 1 is 1.20 bits per heavy atom. The maximum absolute atomic E-state index is 9.37. The van der Waals surface area contributed by atoms with Gasteiger partial charge in [-0.25, -0.2) is 0 Å². The van der Waals surface area contributed by atoms with E-state index in [2.05, 4.69) is 26.6 Å². The molecule has 0 amide bonds. The third-order valence-corrected chi connectivity index (χ3v) is 3.12. The minimum absolute atomic E-state index is 0.527. The molecular formula is C15H17N5. The summed E-state index contributed by atoms with van der Waals surface area (Å²) in [6.45, 7) is 4.57. The van der Waals surface area contributed by atoms with Crippen molar-refractivity contribution in [2.45, 2.75) is 33.2 Å². The highest BCUT2D eigenvalue weighted by Crippen LogP contribution is 2.20. The zero-order valence-electron chi connectivity index (χ0n) is 11.7. The Kier molecular flexibility index (Phi) is 4.61. The van der Waals surface area contributed by atoms with Gasteiger partial charge in [0.2, 0.25) is 0 Å². The Morgan fingerprint density at radius 3 is 2.65 bits per heavy atom. The molecule has 2 rings (SSSR count). The number of pyridine rings is 1. The molecule has 0 unspecified atom stereocenters. The van der Waals surface area contributed by atoms with Crippen molar-refractivity contribution in [1.82, 2.24) is 15.2 Å². The van der Waals surface area contributed by atoms with Gasteiger partial charge in [-0.1, -0.05) is 19.9 Å². The number of nitrogens with zero attached hydrogens (tertiary/aromatic N) is 4. The van der Waals surface area contributed by atoms with Gasteiger partial charge in [0.05, 0.1) is 17.9 Å². The van der Waals surface area contributed by atoms with Crippen molar-refractivity contribution in [3.8, 4) is 6.07 Å². The van der Waals surface area contributed by atoms with Gasteiger partial charge >= 0.3 is 0 Å². The minimum atomic E-state index is 0.527. The molecular weight excluding hydrogens is 250 g/mol. The molecule has 2 aromatic heterocycles. The average Bonchev–Trinajstić information content (AvgIpc) is 2.52. The lowest BCUT2D eigenvalue weighted by Crippen LogP contribution is -2.10.